The van der Waals surface area contributed by atoms with Crippen LogP contribution in [0.5, 0.6) is 0 Å². The summed E-state index contributed by atoms with van der Waals surface area (Å²) >= 11 is 0. The summed E-state index contributed by atoms with van der Waals surface area (Å²) in [6.45, 7) is 30.3. The van der Waals surface area contributed by atoms with Crippen molar-refractivity contribution in [1.29, 1.82) is 0 Å². The molecule has 12 nitrogen and oxygen atoms in total. The molecular weight excluding hydrogens is 713 g/mol. The van der Waals surface area contributed by atoms with E-state index in [4.69, 9.17) is 18.9 Å². The molecule has 4 saturated heterocycles. The Morgan fingerprint density at radius 2 is 0.607 bits per heavy atom. The second-order valence-electron chi connectivity index (χ2n) is 18.0. The maximum absolute atomic E-state index is 11.4. The molecule has 12 heteroatoms. The van der Waals surface area contributed by atoms with E-state index < -0.39 is 36.6 Å². The van der Waals surface area contributed by atoms with Crippen LogP contribution in [0, 0.1) is 0 Å². The van der Waals surface area contributed by atoms with Gasteiger partial charge in [0.25, 0.3) is 0 Å². The minimum absolute atomic E-state index is 0.0823. The number of aliphatic hydroxyl groups is 4. The third kappa shape index (κ3) is 14.9. The predicted molar refractivity (Wildman–Crippen MR) is 222 cm³/mol. The van der Waals surface area contributed by atoms with Crippen LogP contribution < -0.4 is 0 Å². The highest BCUT2D eigenvalue weighted by molar-refractivity contribution is 4.78. The minimum Gasteiger partial charge on any atom is -0.385 e. The quantitative estimate of drug-likeness (QED) is 0.0626. The Bertz CT molecular complexity index is 1060. The third-order valence-electron chi connectivity index (χ3n) is 13.1. The van der Waals surface area contributed by atoms with E-state index in [0.717, 1.165) is 148 Å². The smallest absolute Gasteiger partial charge is 0.126 e. The summed E-state index contributed by atoms with van der Waals surface area (Å²) in [5.74, 6) is 0. The number of likely N-dealkylation sites (tertiary alicyclic amines) is 4. The summed E-state index contributed by atoms with van der Waals surface area (Å²) in [7, 11) is 0. The van der Waals surface area contributed by atoms with Crippen LogP contribution in [0.15, 0.2) is 50.6 Å². The van der Waals surface area contributed by atoms with Crippen molar-refractivity contribution in [3.05, 3.63) is 50.6 Å². The lowest BCUT2D eigenvalue weighted by Gasteiger charge is -2.37. The molecule has 4 fully saturated rings. The topological polar surface area (TPSA) is 118 Å². The van der Waals surface area contributed by atoms with Gasteiger partial charge in [0.05, 0.1) is 118 Å². The average Bonchev–Trinajstić information content (AvgIpc) is 3.99. The number of rotatable bonds is 31. The van der Waals surface area contributed by atoms with Crippen LogP contribution in [0.1, 0.15) is 51.4 Å². The fraction of sp³-hybridized carbons (Fsp3) is 0.818. The molecule has 0 spiro atoms. The molecule has 4 aliphatic rings. The van der Waals surface area contributed by atoms with Crippen LogP contribution in [0.25, 0.3) is 0 Å². The molecule has 0 amide bonds. The predicted octanol–water partition coefficient (Wildman–Crippen LogP) is 2.42. The van der Waals surface area contributed by atoms with E-state index >= 15 is 0 Å². The first-order valence-electron chi connectivity index (χ1n) is 22.0. The second kappa shape index (κ2) is 23.9. The Morgan fingerprint density at radius 1 is 0.375 bits per heavy atom. The zero-order chi connectivity index (χ0) is 40.3. The molecule has 4 heterocycles. The van der Waals surface area contributed by atoms with Crippen LogP contribution in [-0.4, -0.2) is 219 Å². The fourth-order valence-electron chi connectivity index (χ4n) is 10.5. The van der Waals surface area contributed by atoms with Gasteiger partial charge in [0.15, 0.2) is 0 Å². The van der Waals surface area contributed by atoms with Crippen molar-refractivity contribution in [1.82, 2.24) is 0 Å². The van der Waals surface area contributed by atoms with Crippen LogP contribution >= 0.6 is 0 Å². The summed E-state index contributed by atoms with van der Waals surface area (Å²) in [5, 5.41) is 45.1. The molecule has 0 aromatic carbocycles. The van der Waals surface area contributed by atoms with E-state index in [0.29, 0.717) is 26.2 Å². The van der Waals surface area contributed by atoms with Crippen LogP contribution in [0.4, 0.5) is 0 Å². The molecule has 0 aliphatic carbocycles. The normalized spacial score (nSPS) is 24.3. The first-order chi connectivity index (χ1) is 27.0. The maximum atomic E-state index is 11.4. The Kier molecular flexibility index (Phi) is 20.1. The summed E-state index contributed by atoms with van der Waals surface area (Å²) in [6.07, 6.45) is 12.8. The molecule has 0 aromatic heterocycles. The van der Waals surface area contributed by atoms with E-state index in [9.17, 15) is 20.4 Å². The number of quaternary nitrogens is 4. The Morgan fingerprint density at radius 3 is 0.839 bits per heavy atom. The van der Waals surface area contributed by atoms with Crippen molar-refractivity contribution in [3.8, 4) is 0 Å². The van der Waals surface area contributed by atoms with Gasteiger partial charge in [-0.15, -0.1) is 0 Å². The first-order valence-corrected chi connectivity index (χ1v) is 22.0. The molecule has 4 rings (SSSR count). The summed E-state index contributed by atoms with van der Waals surface area (Å²) < 4.78 is 28.8. The fourth-order valence-corrected chi connectivity index (χ4v) is 10.5. The summed E-state index contributed by atoms with van der Waals surface area (Å²) in [4.78, 5) is 0. The van der Waals surface area contributed by atoms with E-state index in [1.807, 2.05) is 24.3 Å². The lowest BCUT2D eigenvalue weighted by molar-refractivity contribution is -0.914. The lowest BCUT2D eigenvalue weighted by Crippen LogP contribution is -2.53. The highest BCUT2D eigenvalue weighted by Crippen LogP contribution is 2.24. The Labute approximate surface area is 339 Å². The third-order valence-corrected chi connectivity index (χ3v) is 13.1. The van der Waals surface area contributed by atoms with Gasteiger partial charge in [0.1, 0.15) is 62.8 Å². The number of aliphatic hydroxyl groups excluding tert-OH is 4. The Hall–Kier alpha value is -1.52. The van der Waals surface area contributed by atoms with Crippen molar-refractivity contribution in [3.63, 3.8) is 0 Å². The molecule has 0 bridgehead atoms. The molecule has 4 N–H and O–H groups in total. The highest BCUT2D eigenvalue weighted by atomic mass is 16.6. The number of nitrogens with zero attached hydrogens (tertiary/aromatic N) is 4. The van der Waals surface area contributed by atoms with Crippen LogP contribution in [0.3, 0.4) is 0 Å². The van der Waals surface area contributed by atoms with Crippen molar-refractivity contribution in [2.75, 3.05) is 144 Å². The molecular formula is C44H82N4O8+4. The zero-order valence-corrected chi connectivity index (χ0v) is 35.0. The SMILES string of the molecule is C=CC[N+]1(CC(O)COCC(OCC(O)C[N+]2(CC=C)CCCC2)C(COCC(O)C[N+]2(CC=C)CCCC2)OCC(O)C[N+]2(CC=C)CCCC2)CCCC1. The van der Waals surface area contributed by atoms with E-state index in [-0.39, 0.29) is 39.6 Å². The number of hydrogen-bond donors (Lipinski definition) is 4. The monoisotopic (exact) mass is 795 g/mol. The standard InChI is InChI=1S/C44H82N4O8/c1-5-17-45(21-9-10-22-45)29-39(49)33-53-37-43(55-35-41(51)31-47(19-7-3)25-13-14-26-47)44(56-36-42(52)32-48(20-8-4)27-15-16-28-48)38-54-34-40(50)30-46(18-6-2)23-11-12-24-46/h5-8,39-44,49-52H,1-4,9-38H2/q+4. The van der Waals surface area contributed by atoms with Gasteiger partial charge in [-0.1, -0.05) is 26.3 Å². The summed E-state index contributed by atoms with van der Waals surface area (Å²) in [5.41, 5.74) is 0. The largest absolute Gasteiger partial charge is 0.385 e. The number of ether oxygens (including phenoxy) is 4. The maximum Gasteiger partial charge on any atom is 0.126 e. The zero-order valence-electron chi connectivity index (χ0n) is 35.0. The second-order valence-corrected chi connectivity index (χ2v) is 18.0. The van der Waals surface area contributed by atoms with Crippen LogP contribution in [0.2, 0.25) is 0 Å². The van der Waals surface area contributed by atoms with Crippen molar-refractivity contribution >= 4 is 0 Å². The van der Waals surface area contributed by atoms with E-state index in [2.05, 4.69) is 26.3 Å². The Balaban J connectivity index is 1.46. The van der Waals surface area contributed by atoms with Gasteiger partial charge in [-0.2, -0.15) is 0 Å². The molecule has 0 aromatic rings. The van der Waals surface area contributed by atoms with Gasteiger partial charge in [-0.05, 0) is 24.3 Å². The number of hydrogen-bond acceptors (Lipinski definition) is 8. The van der Waals surface area contributed by atoms with Gasteiger partial charge >= 0.3 is 0 Å². The van der Waals surface area contributed by atoms with E-state index in [1.165, 1.54) is 0 Å². The summed E-state index contributed by atoms with van der Waals surface area (Å²) in [6, 6.07) is 0. The average molecular weight is 795 g/mol. The van der Waals surface area contributed by atoms with Gasteiger partial charge in [-0.25, -0.2) is 0 Å². The first kappa shape index (κ1) is 47.2. The van der Waals surface area contributed by atoms with Crippen molar-refractivity contribution in [2.24, 2.45) is 0 Å². The minimum atomic E-state index is -0.711. The molecule has 0 radical (unpaired) electrons. The molecule has 6 unspecified atom stereocenters. The highest BCUT2D eigenvalue weighted by Gasteiger charge is 2.38. The molecule has 0 saturated carbocycles. The molecule has 4 aliphatic heterocycles. The van der Waals surface area contributed by atoms with Gasteiger partial charge < -0.3 is 57.3 Å². The van der Waals surface area contributed by atoms with Crippen molar-refractivity contribution in [2.45, 2.75) is 88.0 Å². The molecule has 322 valence electrons. The van der Waals surface area contributed by atoms with Crippen LogP contribution in [-0.2, 0) is 18.9 Å². The van der Waals surface area contributed by atoms with E-state index in [1.54, 1.807) is 0 Å². The molecule has 56 heavy (non-hydrogen) atoms. The lowest BCUT2D eigenvalue weighted by atomic mass is 10.2. The molecule has 6 atom stereocenters. The van der Waals surface area contributed by atoms with Gasteiger partial charge in [0, 0.05) is 51.4 Å². The van der Waals surface area contributed by atoms with Gasteiger partial charge in [-0.3, -0.25) is 0 Å². The van der Waals surface area contributed by atoms with Gasteiger partial charge in [0.2, 0.25) is 0 Å². The van der Waals surface area contributed by atoms with Crippen molar-refractivity contribution < 1.29 is 57.3 Å².